The number of aliphatic hydroxyl groups is 2. The summed E-state index contributed by atoms with van der Waals surface area (Å²) in [5, 5.41) is 21.7. The Morgan fingerprint density at radius 1 is 1.07 bits per heavy atom. The molecule has 0 saturated heterocycles. The van der Waals surface area contributed by atoms with Crippen LogP contribution in [0.1, 0.15) is 39.7 Å². The molecule has 0 spiro atoms. The van der Waals surface area contributed by atoms with Crippen molar-refractivity contribution in [2.45, 2.75) is 46.8 Å². The van der Waals surface area contributed by atoms with Crippen molar-refractivity contribution in [3.63, 3.8) is 0 Å². The zero-order chi connectivity index (χ0) is 20.4. The molecule has 4 nitrogen and oxygen atoms in total. The molecule has 0 aliphatic heterocycles. The van der Waals surface area contributed by atoms with Crippen LogP contribution in [0.15, 0.2) is 76.7 Å². The van der Waals surface area contributed by atoms with Crippen LogP contribution in [0.3, 0.4) is 0 Å². The van der Waals surface area contributed by atoms with Crippen LogP contribution in [0.5, 0.6) is 0 Å². The molecule has 0 radical (unpaired) electrons. The lowest BCUT2D eigenvalue weighted by Crippen LogP contribution is -2.23. The fourth-order valence-corrected chi connectivity index (χ4v) is 3.56. The van der Waals surface area contributed by atoms with E-state index >= 15 is 0 Å². The Hall–Kier alpha value is -2.34. The van der Waals surface area contributed by atoms with E-state index in [1.165, 1.54) is 17.8 Å². The normalized spacial score (nSPS) is 11.9. The Morgan fingerprint density at radius 2 is 1.69 bits per heavy atom. The van der Waals surface area contributed by atoms with Crippen LogP contribution in [0.25, 0.3) is 11.1 Å². The Balaban J connectivity index is 0.00000420. The van der Waals surface area contributed by atoms with Crippen molar-refractivity contribution in [3.8, 4) is 11.1 Å². The van der Waals surface area contributed by atoms with Gasteiger partial charge >= 0.3 is 0 Å². The van der Waals surface area contributed by atoms with Gasteiger partial charge in [0, 0.05) is 12.5 Å². The molecule has 0 unspecified atom stereocenters. The predicted octanol–water partition coefficient (Wildman–Crippen LogP) is 5.24. The number of rotatable bonds is 9. The van der Waals surface area contributed by atoms with Gasteiger partial charge in [0.1, 0.15) is 0 Å². The minimum absolute atomic E-state index is 0. The molecular formula is C24H31NO3S. The summed E-state index contributed by atoms with van der Waals surface area (Å²) >= 11 is 1.34. The fraction of sp³-hybridized carbons (Fsp3) is 0.292. The highest BCUT2D eigenvalue weighted by atomic mass is 32.2. The Morgan fingerprint density at radius 3 is 2.24 bits per heavy atom. The summed E-state index contributed by atoms with van der Waals surface area (Å²) in [6.07, 6.45) is 3.32. The minimum atomic E-state index is -1.61. The molecule has 0 saturated carbocycles. The summed E-state index contributed by atoms with van der Waals surface area (Å²) in [7, 11) is 0. The smallest absolute Gasteiger partial charge is 0.225 e. The molecule has 5 heteroatoms. The molecule has 29 heavy (non-hydrogen) atoms. The molecular weight excluding hydrogens is 382 g/mol. The predicted molar refractivity (Wildman–Crippen MR) is 123 cm³/mol. The number of thioether (sulfide) groups is 1. The van der Waals surface area contributed by atoms with E-state index in [2.05, 4.69) is 29.6 Å². The molecule has 3 N–H and O–H groups in total. The molecule has 0 bridgehead atoms. The van der Waals surface area contributed by atoms with Crippen LogP contribution in [0.2, 0.25) is 0 Å². The number of carbonyl (C=O) groups excluding carboxylic acids is 1. The van der Waals surface area contributed by atoms with Gasteiger partial charge in [0.15, 0.2) is 6.29 Å². The van der Waals surface area contributed by atoms with Gasteiger partial charge in [0.2, 0.25) is 5.91 Å². The van der Waals surface area contributed by atoms with Gasteiger partial charge in [-0.15, -0.1) is 0 Å². The van der Waals surface area contributed by atoms with Gasteiger partial charge in [-0.1, -0.05) is 86.8 Å². The zero-order valence-corrected chi connectivity index (χ0v) is 17.1. The maximum absolute atomic E-state index is 12.3. The van der Waals surface area contributed by atoms with Crippen LogP contribution in [0.4, 0.5) is 0 Å². The third-order valence-corrected chi connectivity index (χ3v) is 5.42. The third kappa shape index (κ3) is 8.69. The molecule has 1 amide bonds. The first-order chi connectivity index (χ1) is 13.5. The largest absolute Gasteiger partial charge is 0.365 e. The first kappa shape index (κ1) is 24.7. The van der Waals surface area contributed by atoms with E-state index in [0.29, 0.717) is 17.9 Å². The number of allylic oxidation sites excluding steroid dienone is 2. The van der Waals surface area contributed by atoms with Gasteiger partial charge in [-0.2, -0.15) is 0 Å². The first-order valence-electron chi connectivity index (χ1n) is 9.37. The highest BCUT2D eigenvalue weighted by molar-refractivity contribution is 8.06. The number of aliphatic hydroxyl groups excluding tert-OH is 1. The quantitative estimate of drug-likeness (QED) is 0.492. The topological polar surface area (TPSA) is 69.6 Å². The van der Waals surface area contributed by atoms with Crippen molar-refractivity contribution in [3.05, 3.63) is 82.2 Å². The SMILES string of the molecule is C.C/C=C(/CC)S/C(=C/C(O)O)NC(=O)CCc1ccc(-c2ccccc2)cc1. The van der Waals surface area contributed by atoms with Crippen LogP contribution in [0, 0.1) is 0 Å². The van der Waals surface area contributed by atoms with Crippen LogP contribution >= 0.6 is 11.8 Å². The van der Waals surface area contributed by atoms with Crippen LogP contribution in [-0.2, 0) is 11.2 Å². The number of hydrogen-bond donors (Lipinski definition) is 3. The number of aryl methyl sites for hydroxylation is 1. The third-order valence-electron chi connectivity index (χ3n) is 4.18. The van der Waals surface area contributed by atoms with Crippen molar-refractivity contribution in [2.24, 2.45) is 0 Å². The summed E-state index contributed by atoms with van der Waals surface area (Å²) in [5.41, 5.74) is 3.39. The van der Waals surface area contributed by atoms with Crippen LogP contribution < -0.4 is 5.32 Å². The maximum Gasteiger partial charge on any atom is 0.225 e. The standard InChI is InChI=1S/C23H27NO3S.CH4/c1-3-20(4-2)28-22(16-23(26)27)24-21(25)15-12-17-10-13-19(14-11-17)18-8-6-5-7-9-18;/h3,5-11,13-14,16,23,26-27H,4,12,15H2,1-2H3,(H,24,25);1H4/b20-3-,22-16+;. The van der Waals surface area contributed by atoms with Crippen molar-refractivity contribution in [1.82, 2.24) is 5.32 Å². The summed E-state index contributed by atoms with van der Waals surface area (Å²) in [4.78, 5) is 13.4. The minimum Gasteiger partial charge on any atom is -0.365 e. The Kier molecular flexibility index (Phi) is 11.1. The summed E-state index contributed by atoms with van der Waals surface area (Å²) < 4.78 is 0. The molecule has 0 aromatic heterocycles. The second-order valence-electron chi connectivity index (χ2n) is 6.27. The van der Waals surface area contributed by atoms with Crippen molar-refractivity contribution >= 4 is 17.7 Å². The van der Waals surface area contributed by atoms with E-state index in [9.17, 15) is 15.0 Å². The lowest BCUT2D eigenvalue weighted by atomic mass is 10.0. The van der Waals surface area contributed by atoms with E-state index in [4.69, 9.17) is 0 Å². The highest BCUT2D eigenvalue weighted by Crippen LogP contribution is 2.26. The maximum atomic E-state index is 12.3. The summed E-state index contributed by atoms with van der Waals surface area (Å²) in [5.74, 6) is -0.155. The average molecular weight is 414 g/mol. The van der Waals surface area contributed by atoms with Crippen molar-refractivity contribution in [1.29, 1.82) is 0 Å². The van der Waals surface area contributed by atoms with Gasteiger partial charge in [-0.05, 0) is 41.4 Å². The number of nitrogens with one attached hydrogen (secondary N) is 1. The van der Waals surface area contributed by atoms with Crippen molar-refractivity contribution < 1.29 is 15.0 Å². The second kappa shape index (κ2) is 13.0. The van der Waals surface area contributed by atoms with E-state index < -0.39 is 6.29 Å². The highest BCUT2D eigenvalue weighted by Gasteiger charge is 2.09. The van der Waals surface area contributed by atoms with Gasteiger partial charge in [0.25, 0.3) is 0 Å². The Bertz CT molecular complexity index is 812. The number of hydrogen-bond acceptors (Lipinski definition) is 4. The summed E-state index contributed by atoms with van der Waals surface area (Å²) in [6, 6.07) is 18.3. The first-order valence-corrected chi connectivity index (χ1v) is 10.2. The molecule has 0 fully saturated rings. The summed E-state index contributed by atoms with van der Waals surface area (Å²) in [6.45, 7) is 3.93. The van der Waals surface area contributed by atoms with Gasteiger partial charge < -0.3 is 15.5 Å². The van der Waals surface area contributed by atoms with E-state index in [1.807, 2.05) is 50.3 Å². The molecule has 0 aliphatic rings. The molecule has 2 rings (SSSR count). The fourth-order valence-electron chi connectivity index (χ4n) is 2.67. The Labute approximate surface area is 178 Å². The zero-order valence-electron chi connectivity index (χ0n) is 16.3. The van der Waals surface area contributed by atoms with E-state index in [0.717, 1.165) is 28.0 Å². The number of carbonyl (C=O) groups is 1. The molecule has 0 heterocycles. The van der Waals surface area contributed by atoms with Gasteiger partial charge in [-0.25, -0.2) is 0 Å². The van der Waals surface area contributed by atoms with E-state index in [-0.39, 0.29) is 13.3 Å². The molecule has 0 atom stereocenters. The van der Waals surface area contributed by atoms with Crippen molar-refractivity contribution in [2.75, 3.05) is 0 Å². The molecule has 2 aromatic rings. The van der Waals surface area contributed by atoms with Gasteiger partial charge in [0.05, 0.1) is 5.03 Å². The molecule has 156 valence electrons. The van der Waals surface area contributed by atoms with Gasteiger partial charge in [-0.3, -0.25) is 4.79 Å². The van der Waals surface area contributed by atoms with E-state index in [1.54, 1.807) is 0 Å². The second-order valence-corrected chi connectivity index (χ2v) is 7.43. The monoisotopic (exact) mass is 413 g/mol. The number of benzene rings is 2. The molecule has 0 aliphatic carbocycles. The number of amides is 1. The van der Waals surface area contributed by atoms with Crippen LogP contribution in [-0.4, -0.2) is 22.4 Å². The lowest BCUT2D eigenvalue weighted by molar-refractivity contribution is -0.120. The lowest BCUT2D eigenvalue weighted by Gasteiger charge is -2.12. The average Bonchev–Trinajstić information content (AvgIpc) is 2.71. The molecule has 2 aromatic carbocycles.